The number of amides is 1. The van der Waals surface area contributed by atoms with Crippen molar-refractivity contribution in [3.05, 3.63) is 0 Å². The summed E-state index contributed by atoms with van der Waals surface area (Å²) in [6.45, 7) is 2.68. The van der Waals surface area contributed by atoms with Crippen LogP contribution in [0.25, 0.3) is 0 Å². The van der Waals surface area contributed by atoms with E-state index < -0.39 is 5.60 Å². The zero-order valence-electron chi connectivity index (χ0n) is 12.5. The van der Waals surface area contributed by atoms with Crippen molar-refractivity contribution in [1.82, 2.24) is 5.32 Å². The molecule has 3 nitrogen and oxygen atoms in total. The maximum atomic E-state index is 12.4. The van der Waals surface area contributed by atoms with E-state index in [9.17, 15) is 9.90 Å². The molecule has 0 aromatic carbocycles. The number of rotatable bonds is 3. The zero-order valence-corrected chi connectivity index (χ0v) is 12.5. The second-order valence-corrected chi connectivity index (χ2v) is 8.16. The molecule has 0 aliphatic heterocycles. The lowest BCUT2D eigenvalue weighted by Gasteiger charge is -2.35. The molecule has 4 rings (SSSR count). The molecule has 0 spiro atoms. The van der Waals surface area contributed by atoms with E-state index in [0.717, 1.165) is 31.1 Å². The Hall–Kier alpha value is -0.570. The van der Waals surface area contributed by atoms with Gasteiger partial charge in [-0.25, -0.2) is 0 Å². The van der Waals surface area contributed by atoms with Crippen molar-refractivity contribution >= 4 is 5.91 Å². The number of hydrogen-bond acceptors (Lipinski definition) is 2. The summed E-state index contributed by atoms with van der Waals surface area (Å²) in [6, 6.07) is 0. The molecule has 112 valence electrons. The zero-order chi connectivity index (χ0) is 13.9. The van der Waals surface area contributed by atoms with Crippen molar-refractivity contribution in [3.8, 4) is 0 Å². The Morgan fingerprint density at radius 2 is 1.95 bits per heavy atom. The Morgan fingerprint density at radius 1 is 1.25 bits per heavy atom. The van der Waals surface area contributed by atoms with Crippen LogP contribution < -0.4 is 5.32 Å². The molecule has 0 aromatic rings. The maximum Gasteiger partial charge on any atom is 0.223 e. The van der Waals surface area contributed by atoms with E-state index in [1.54, 1.807) is 0 Å². The van der Waals surface area contributed by atoms with Gasteiger partial charge < -0.3 is 10.4 Å². The molecular weight excluding hydrogens is 250 g/mol. The highest BCUT2D eigenvalue weighted by Crippen LogP contribution is 2.69. The van der Waals surface area contributed by atoms with Gasteiger partial charge in [-0.2, -0.15) is 0 Å². The summed E-state index contributed by atoms with van der Waals surface area (Å²) in [5.74, 6) is 4.22. The van der Waals surface area contributed by atoms with Crippen LogP contribution in [0.15, 0.2) is 0 Å². The molecule has 0 heterocycles. The molecule has 0 saturated heterocycles. The number of fused-ring (bicyclic) bond motifs is 5. The third-order valence-electron chi connectivity index (χ3n) is 6.70. The molecule has 0 aromatic heterocycles. The van der Waals surface area contributed by atoms with Crippen LogP contribution in [0.1, 0.15) is 51.9 Å². The van der Waals surface area contributed by atoms with Gasteiger partial charge in [0.15, 0.2) is 0 Å². The number of aliphatic hydroxyl groups is 1. The Kier molecular flexibility index (Phi) is 2.93. The third kappa shape index (κ3) is 2.01. The van der Waals surface area contributed by atoms with E-state index in [2.05, 4.69) is 12.2 Å². The molecule has 2 N–H and O–H groups in total. The average molecular weight is 277 g/mol. The average Bonchev–Trinajstić information content (AvgIpc) is 2.84. The molecular formula is C17H27NO2. The van der Waals surface area contributed by atoms with Crippen molar-refractivity contribution in [1.29, 1.82) is 0 Å². The standard InChI is InChI=1S/C17H27NO2/c1-10-3-2-6-17(20,8-10)9-18-16(19)15-13-11-4-5-12(7-11)14(13)15/h10-15,20H,2-9H2,1H3,(H,18,19). The predicted octanol–water partition coefficient (Wildman–Crippen LogP) is 2.34. The number of hydrogen-bond donors (Lipinski definition) is 2. The molecule has 0 radical (unpaired) electrons. The van der Waals surface area contributed by atoms with Gasteiger partial charge in [0, 0.05) is 12.5 Å². The van der Waals surface area contributed by atoms with Gasteiger partial charge in [-0.15, -0.1) is 0 Å². The fraction of sp³-hybridized carbons (Fsp3) is 0.941. The summed E-state index contributed by atoms with van der Waals surface area (Å²) in [5.41, 5.74) is -0.643. The first-order chi connectivity index (χ1) is 9.57. The van der Waals surface area contributed by atoms with Crippen LogP contribution in [0.2, 0.25) is 0 Å². The normalized spacial score (nSPS) is 52.7. The first kappa shape index (κ1) is 13.1. The number of carbonyl (C=O) groups is 1. The SMILES string of the molecule is CC1CCCC(O)(CNC(=O)C2C3C4CCC(C4)C23)C1. The molecule has 2 bridgehead atoms. The summed E-state index contributed by atoms with van der Waals surface area (Å²) in [4.78, 5) is 12.4. The largest absolute Gasteiger partial charge is 0.388 e. The second kappa shape index (κ2) is 4.46. The third-order valence-corrected chi connectivity index (χ3v) is 6.70. The lowest BCUT2D eigenvalue weighted by atomic mass is 9.79. The van der Waals surface area contributed by atoms with Gasteiger partial charge in [-0.05, 0) is 61.7 Å². The van der Waals surface area contributed by atoms with Crippen molar-refractivity contribution in [3.63, 3.8) is 0 Å². The Labute approximate surface area is 121 Å². The highest BCUT2D eigenvalue weighted by atomic mass is 16.3. The highest BCUT2D eigenvalue weighted by Gasteiger charge is 2.67. The quantitative estimate of drug-likeness (QED) is 0.832. The van der Waals surface area contributed by atoms with Crippen LogP contribution in [0, 0.1) is 35.5 Å². The second-order valence-electron chi connectivity index (χ2n) is 8.16. The lowest BCUT2D eigenvalue weighted by molar-refractivity contribution is -0.125. The monoisotopic (exact) mass is 277 g/mol. The van der Waals surface area contributed by atoms with E-state index in [-0.39, 0.29) is 5.91 Å². The molecule has 3 heteroatoms. The molecule has 20 heavy (non-hydrogen) atoms. The van der Waals surface area contributed by atoms with Crippen molar-refractivity contribution in [2.45, 2.75) is 57.5 Å². The highest BCUT2D eigenvalue weighted by molar-refractivity contribution is 5.82. The first-order valence-corrected chi connectivity index (χ1v) is 8.57. The summed E-state index contributed by atoms with van der Waals surface area (Å²) in [7, 11) is 0. The Bertz CT molecular complexity index is 407. The molecule has 1 amide bonds. The molecule has 4 aliphatic rings. The van der Waals surface area contributed by atoms with Gasteiger partial charge in [-0.3, -0.25) is 4.79 Å². The Morgan fingerprint density at radius 3 is 2.60 bits per heavy atom. The lowest BCUT2D eigenvalue weighted by Crippen LogP contribution is -2.46. The smallest absolute Gasteiger partial charge is 0.223 e. The number of carbonyl (C=O) groups excluding carboxylic acids is 1. The molecule has 4 aliphatic carbocycles. The summed E-state index contributed by atoms with van der Waals surface area (Å²) in [6.07, 6.45) is 8.10. The minimum absolute atomic E-state index is 0.239. The number of nitrogens with one attached hydrogen (secondary N) is 1. The summed E-state index contributed by atoms with van der Waals surface area (Å²) in [5, 5.41) is 13.7. The Balaban J connectivity index is 1.31. The van der Waals surface area contributed by atoms with Gasteiger partial charge >= 0.3 is 0 Å². The van der Waals surface area contributed by atoms with Crippen LogP contribution in [0.4, 0.5) is 0 Å². The summed E-state index contributed by atoms with van der Waals surface area (Å²) < 4.78 is 0. The van der Waals surface area contributed by atoms with E-state index in [1.165, 1.54) is 25.7 Å². The van der Waals surface area contributed by atoms with Gasteiger partial charge in [0.05, 0.1) is 5.60 Å². The topological polar surface area (TPSA) is 49.3 Å². The van der Waals surface area contributed by atoms with Gasteiger partial charge in [0.1, 0.15) is 0 Å². The maximum absolute atomic E-state index is 12.4. The van der Waals surface area contributed by atoms with Crippen LogP contribution in [-0.4, -0.2) is 23.2 Å². The minimum atomic E-state index is -0.643. The predicted molar refractivity (Wildman–Crippen MR) is 76.9 cm³/mol. The van der Waals surface area contributed by atoms with Crippen molar-refractivity contribution < 1.29 is 9.90 Å². The molecule has 4 fully saturated rings. The fourth-order valence-corrected chi connectivity index (χ4v) is 5.84. The van der Waals surface area contributed by atoms with Gasteiger partial charge in [0.2, 0.25) is 5.91 Å². The summed E-state index contributed by atoms with van der Waals surface area (Å²) >= 11 is 0. The molecule has 4 saturated carbocycles. The van der Waals surface area contributed by atoms with E-state index in [4.69, 9.17) is 0 Å². The van der Waals surface area contributed by atoms with Crippen molar-refractivity contribution in [2.75, 3.05) is 6.54 Å². The van der Waals surface area contributed by atoms with Crippen molar-refractivity contribution in [2.24, 2.45) is 35.5 Å². The van der Waals surface area contributed by atoms with Gasteiger partial charge in [0.25, 0.3) is 0 Å². The molecule has 6 atom stereocenters. The van der Waals surface area contributed by atoms with Crippen LogP contribution in [0.5, 0.6) is 0 Å². The van der Waals surface area contributed by atoms with Gasteiger partial charge in [-0.1, -0.05) is 19.8 Å². The minimum Gasteiger partial charge on any atom is -0.388 e. The fourth-order valence-electron chi connectivity index (χ4n) is 5.84. The van der Waals surface area contributed by atoms with E-state index in [0.29, 0.717) is 30.2 Å². The molecule has 6 unspecified atom stereocenters. The van der Waals surface area contributed by atoms with Crippen LogP contribution >= 0.6 is 0 Å². The van der Waals surface area contributed by atoms with Crippen LogP contribution in [-0.2, 0) is 4.79 Å². The van der Waals surface area contributed by atoms with E-state index >= 15 is 0 Å². The first-order valence-electron chi connectivity index (χ1n) is 8.57. The van der Waals surface area contributed by atoms with E-state index in [1.807, 2.05) is 0 Å². The van der Waals surface area contributed by atoms with Crippen LogP contribution in [0.3, 0.4) is 0 Å².